The normalized spacial score (nSPS) is 10.5. The summed E-state index contributed by atoms with van der Waals surface area (Å²) in [4.78, 5) is 36.8. The highest BCUT2D eigenvalue weighted by Crippen LogP contribution is 2.21. The zero-order valence-electron chi connectivity index (χ0n) is 15.7. The second-order valence-corrected chi connectivity index (χ2v) is 7.33. The summed E-state index contributed by atoms with van der Waals surface area (Å²) in [7, 11) is 0. The Morgan fingerprint density at radius 2 is 1.45 bits per heavy atom. The summed E-state index contributed by atoms with van der Waals surface area (Å²) in [6, 6.07) is 22.3. The first-order valence-electron chi connectivity index (χ1n) is 9.25. The van der Waals surface area contributed by atoms with Gasteiger partial charge in [-0.1, -0.05) is 66.7 Å². The number of rotatable bonds is 9. The molecule has 0 bridgehead atoms. The summed E-state index contributed by atoms with van der Waals surface area (Å²) < 4.78 is 5.04. The van der Waals surface area contributed by atoms with E-state index in [-0.39, 0.29) is 31.3 Å². The molecule has 1 aromatic heterocycles. The molecule has 1 heterocycles. The summed E-state index contributed by atoms with van der Waals surface area (Å²) >= 11 is 1.34. The first-order chi connectivity index (χ1) is 14.1. The lowest BCUT2D eigenvalue weighted by Gasteiger charge is -2.19. The van der Waals surface area contributed by atoms with Crippen molar-refractivity contribution in [2.75, 3.05) is 6.61 Å². The Morgan fingerprint density at radius 3 is 2.00 bits per heavy atom. The highest BCUT2D eigenvalue weighted by Gasteiger charge is 2.18. The molecule has 0 spiro atoms. The van der Waals surface area contributed by atoms with Gasteiger partial charge in [0.05, 0.1) is 17.3 Å². The molecule has 0 saturated heterocycles. The molecule has 0 unspecified atom stereocenters. The molecule has 5 nitrogen and oxygen atoms in total. The van der Waals surface area contributed by atoms with Gasteiger partial charge in [-0.2, -0.15) is 0 Å². The molecule has 6 heteroatoms. The highest BCUT2D eigenvalue weighted by molar-refractivity contribution is 7.12. The van der Waals surface area contributed by atoms with Crippen molar-refractivity contribution in [3.8, 4) is 0 Å². The van der Waals surface area contributed by atoms with Gasteiger partial charge in [0, 0.05) is 6.42 Å². The van der Waals surface area contributed by atoms with Gasteiger partial charge in [0.25, 0.3) is 5.91 Å². The summed E-state index contributed by atoms with van der Waals surface area (Å²) in [5.74, 6) is -1.07. The maximum atomic E-state index is 12.4. The van der Waals surface area contributed by atoms with Crippen LogP contribution in [0.4, 0.5) is 0 Å². The van der Waals surface area contributed by atoms with Crippen LogP contribution < -0.4 is 5.32 Å². The van der Waals surface area contributed by atoms with E-state index in [9.17, 15) is 14.4 Å². The minimum absolute atomic E-state index is 0.0508. The van der Waals surface area contributed by atoms with Gasteiger partial charge in [-0.05, 0) is 22.6 Å². The van der Waals surface area contributed by atoms with Crippen molar-refractivity contribution in [3.05, 3.63) is 94.2 Å². The van der Waals surface area contributed by atoms with E-state index in [0.717, 1.165) is 11.1 Å². The summed E-state index contributed by atoms with van der Waals surface area (Å²) in [5.41, 5.74) is 1.86. The van der Waals surface area contributed by atoms with Crippen molar-refractivity contribution in [2.24, 2.45) is 0 Å². The van der Waals surface area contributed by atoms with E-state index >= 15 is 0 Å². The maximum absolute atomic E-state index is 12.4. The van der Waals surface area contributed by atoms with Crippen molar-refractivity contribution in [2.45, 2.75) is 18.9 Å². The first-order valence-corrected chi connectivity index (χ1v) is 10.1. The zero-order valence-corrected chi connectivity index (χ0v) is 16.6. The van der Waals surface area contributed by atoms with Crippen molar-refractivity contribution in [1.29, 1.82) is 0 Å². The summed E-state index contributed by atoms with van der Waals surface area (Å²) in [6.07, 6.45) is 0.0163. The summed E-state index contributed by atoms with van der Waals surface area (Å²) in [6.45, 7) is -0.387. The van der Waals surface area contributed by atoms with Gasteiger partial charge < -0.3 is 10.1 Å². The highest BCUT2D eigenvalue weighted by atomic mass is 32.1. The molecule has 1 N–H and O–H groups in total. The minimum Gasteiger partial charge on any atom is -0.456 e. The number of amides is 1. The molecule has 3 rings (SSSR count). The van der Waals surface area contributed by atoms with Crippen molar-refractivity contribution in [1.82, 2.24) is 5.32 Å². The molecular weight excluding hydrogens is 386 g/mol. The lowest BCUT2D eigenvalue weighted by molar-refractivity contribution is -0.148. The van der Waals surface area contributed by atoms with Crippen molar-refractivity contribution >= 4 is 29.0 Å². The Hall–Kier alpha value is -3.25. The van der Waals surface area contributed by atoms with Crippen LogP contribution in [0.25, 0.3) is 0 Å². The van der Waals surface area contributed by atoms with Gasteiger partial charge >= 0.3 is 5.97 Å². The maximum Gasteiger partial charge on any atom is 0.306 e. The number of Topliss-reactive ketones (excluding diaryl/α,β-unsaturated/α-hetero) is 1. The Bertz CT molecular complexity index is 900. The van der Waals surface area contributed by atoms with Crippen LogP contribution in [0.15, 0.2) is 78.2 Å². The smallest absolute Gasteiger partial charge is 0.306 e. The average Bonchev–Trinajstić information content (AvgIpc) is 3.30. The number of ether oxygens (including phenoxy) is 1. The van der Waals surface area contributed by atoms with Gasteiger partial charge in [-0.25, -0.2) is 0 Å². The lowest BCUT2D eigenvalue weighted by atomic mass is 9.99. The predicted molar refractivity (Wildman–Crippen MR) is 112 cm³/mol. The van der Waals surface area contributed by atoms with Crippen LogP contribution in [0.5, 0.6) is 0 Å². The lowest BCUT2D eigenvalue weighted by Crippen LogP contribution is -2.33. The van der Waals surface area contributed by atoms with Gasteiger partial charge in [-0.3, -0.25) is 14.4 Å². The fourth-order valence-electron chi connectivity index (χ4n) is 2.85. The second kappa shape index (κ2) is 10.3. The molecule has 0 saturated carbocycles. The molecule has 0 aliphatic carbocycles. The number of benzene rings is 2. The minimum atomic E-state index is -0.568. The predicted octanol–water partition coefficient (Wildman–Crippen LogP) is 4.16. The van der Waals surface area contributed by atoms with Crippen LogP contribution in [0.3, 0.4) is 0 Å². The third-order valence-corrected chi connectivity index (χ3v) is 5.20. The third-order valence-electron chi connectivity index (χ3n) is 4.29. The zero-order chi connectivity index (χ0) is 20.5. The van der Waals surface area contributed by atoms with Gasteiger partial charge in [0.1, 0.15) is 0 Å². The molecule has 148 valence electrons. The molecule has 1 amide bonds. The van der Waals surface area contributed by atoms with Crippen LogP contribution in [-0.2, 0) is 14.3 Å². The van der Waals surface area contributed by atoms with E-state index < -0.39 is 11.9 Å². The molecule has 0 aliphatic rings. The molecule has 0 fully saturated rings. The first kappa shape index (κ1) is 20.5. The summed E-state index contributed by atoms with van der Waals surface area (Å²) in [5, 5.41) is 4.72. The number of carbonyl (C=O) groups is 3. The largest absolute Gasteiger partial charge is 0.456 e. The van der Waals surface area contributed by atoms with E-state index in [0.29, 0.717) is 4.88 Å². The van der Waals surface area contributed by atoms with E-state index in [1.165, 1.54) is 11.3 Å². The molecule has 29 heavy (non-hydrogen) atoms. The number of nitrogens with one attached hydrogen (secondary N) is 1. The topological polar surface area (TPSA) is 72.5 Å². The van der Waals surface area contributed by atoms with Crippen LogP contribution >= 0.6 is 11.3 Å². The quantitative estimate of drug-likeness (QED) is 0.427. The number of esters is 1. The molecule has 2 aromatic carbocycles. The molecule has 0 aliphatic heterocycles. The number of thiophene rings is 1. The Labute approximate surface area is 173 Å². The Morgan fingerprint density at radius 1 is 0.828 bits per heavy atom. The van der Waals surface area contributed by atoms with Crippen LogP contribution in [-0.4, -0.2) is 24.3 Å². The SMILES string of the molecule is O=C(COC(=O)CCC(=O)c1cccs1)NC(c1ccccc1)c1ccccc1. The van der Waals surface area contributed by atoms with Crippen molar-refractivity contribution < 1.29 is 19.1 Å². The number of hydrogen-bond donors (Lipinski definition) is 1. The van der Waals surface area contributed by atoms with Gasteiger partial charge in [0.15, 0.2) is 12.4 Å². The fourth-order valence-corrected chi connectivity index (χ4v) is 3.54. The third kappa shape index (κ3) is 6.12. The van der Waals surface area contributed by atoms with E-state index in [1.807, 2.05) is 66.0 Å². The van der Waals surface area contributed by atoms with E-state index in [4.69, 9.17) is 4.74 Å². The van der Waals surface area contributed by atoms with Crippen LogP contribution in [0.1, 0.15) is 39.7 Å². The van der Waals surface area contributed by atoms with Gasteiger partial charge in [-0.15, -0.1) is 11.3 Å². The molecular formula is C23H21NO4S. The van der Waals surface area contributed by atoms with Crippen LogP contribution in [0, 0.1) is 0 Å². The van der Waals surface area contributed by atoms with Crippen molar-refractivity contribution in [3.63, 3.8) is 0 Å². The monoisotopic (exact) mass is 407 g/mol. The number of hydrogen-bond acceptors (Lipinski definition) is 5. The van der Waals surface area contributed by atoms with Gasteiger partial charge in [0.2, 0.25) is 0 Å². The second-order valence-electron chi connectivity index (χ2n) is 6.38. The Kier molecular flexibility index (Phi) is 7.30. The van der Waals surface area contributed by atoms with E-state index in [1.54, 1.807) is 12.1 Å². The molecule has 0 atom stereocenters. The molecule has 3 aromatic rings. The average molecular weight is 407 g/mol. The Balaban J connectivity index is 1.52. The standard InChI is InChI=1S/C23H21NO4S/c25-19(20-12-7-15-29-20)13-14-22(27)28-16-21(26)24-23(17-8-3-1-4-9-17)18-10-5-2-6-11-18/h1-12,15,23H,13-14,16H2,(H,24,26). The number of ketones is 1. The fraction of sp³-hybridized carbons (Fsp3) is 0.174. The number of carbonyl (C=O) groups excluding carboxylic acids is 3. The van der Waals surface area contributed by atoms with E-state index in [2.05, 4.69) is 5.32 Å². The van der Waals surface area contributed by atoms with Crippen LogP contribution in [0.2, 0.25) is 0 Å². The molecule has 0 radical (unpaired) electrons.